The zero-order valence-electron chi connectivity index (χ0n) is 5.86. The van der Waals surface area contributed by atoms with Crippen LogP contribution in [-0.2, 0) is 9.47 Å². The fourth-order valence-corrected chi connectivity index (χ4v) is 0.963. The fourth-order valence-electron chi connectivity index (χ4n) is 0.963. The Morgan fingerprint density at radius 3 is 2.70 bits per heavy atom. The van der Waals surface area contributed by atoms with Gasteiger partial charge in [0.05, 0.1) is 12.7 Å². The third-order valence-electron chi connectivity index (χ3n) is 1.60. The fraction of sp³-hybridized carbons (Fsp3) is 1.00. The molecular formula is C6H12O4. The Morgan fingerprint density at radius 2 is 2.20 bits per heavy atom. The van der Waals surface area contributed by atoms with Gasteiger partial charge in [-0.15, -0.1) is 0 Å². The summed E-state index contributed by atoms with van der Waals surface area (Å²) in [6, 6.07) is 0. The second kappa shape index (κ2) is 3.30. The molecule has 0 amide bonds. The summed E-state index contributed by atoms with van der Waals surface area (Å²) < 4.78 is 9.72. The summed E-state index contributed by atoms with van der Waals surface area (Å²) in [6.45, 7) is 0.441. The molecule has 4 nitrogen and oxygen atoms in total. The van der Waals surface area contributed by atoms with Crippen LogP contribution in [0.5, 0.6) is 0 Å². The Hall–Kier alpha value is -0.160. The molecular weight excluding hydrogens is 136 g/mol. The molecule has 1 rings (SSSR count). The molecule has 3 atom stereocenters. The van der Waals surface area contributed by atoms with Gasteiger partial charge in [-0.25, -0.2) is 0 Å². The van der Waals surface area contributed by atoms with Crippen LogP contribution in [0.2, 0.25) is 0 Å². The Kier molecular flexibility index (Phi) is 2.62. The maximum absolute atomic E-state index is 9.14. The van der Waals surface area contributed by atoms with Crippen LogP contribution >= 0.6 is 0 Å². The lowest BCUT2D eigenvalue weighted by molar-refractivity contribution is -0.232. The minimum Gasteiger partial charge on any atom is -0.390 e. The van der Waals surface area contributed by atoms with E-state index in [1.165, 1.54) is 7.11 Å². The normalized spacial score (nSPS) is 41.7. The van der Waals surface area contributed by atoms with Gasteiger partial charge in [-0.2, -0.15) is 0 Å². The summed E-state index contributed by atoms with van der Waals surface area (Å²) in [5.41, 5.74) is 0. The Morgan fingerprint density at radius 1 is 1.50 bits per heavy atom. The molecule has 2 N–H and O–H groups in total. The van der Waals surface area contributed by atoms with Crippen LogP contribution in [0.3, 0.4) is 0 Å². The molecule has 0 aromatic carbocycles. The van der Waals surface area contributed by atoms with Gasteiger partial charge in [0, 0.05) is 7.11 Å². The number of aliphatic hydroxyl groups is 2. The Labute approximate surface area is 59.4 Å². The van der Waals surface area contributed by atoms with Crippen LogP contribution in [0.15, 0.2) is 0 Å². The van der Waals surface area contributed by atoms with Crippen LogP contribution in [0.4, 0.5) is 0 Å². The third kappa shape index (κ3) is 1.46. The van der Waals surface area contributed by atoms with Crippen molar-refractivity contribution in [3.8, 4) is 0 Å². The lowest BCUT2D eigenvalue weighted by atomic mass is 10.1. The number of hydrogen-bond donors (Lipinski definition) is 2. The van der Waals surface area contributed by atoms with E-state index in [2.05, 4.69) is 0 Å². The molecule has 0 radical (unpaired) electrons. The molecule has 1 saturated heterocycles. The maximum Gasteiger partial charge on any atom is 0.185 e. The lowest BCUT2D eigenvalue weighted by Crippen LogP contribution is -2.45. The van der Waals surface area contributed by atoms with Crippen molar-refractivity contribution in [1.29, 1.82) is 0 Å². The highest BCUT2D eigenvalue weighted by Crippen LogP contribution is 2.14. The summed E-state index contributed by atoms with van der Waals surface area (Å²) in [5, 5.41) is 18.2. The van der Waals surface area contributed by atoms with Crippen LogP contribution in [0.25, 0.3) is 0 Å². The van der Waals surface area contributed by atoms with Crippen molar-refractivity contribution in [3.63, 3.8) is 0 Å². The number of hydrogen-bond acceptors (Lipinski definition) is 4. The van der Waals surface area contributed by atoms with Crippen molar-refractivity contribution in [1.82, 2.24) is 0 Å². The van der Waals surface area contributed by atoms with E-state index < -0.39 is 18.5 Å². The summed E-state index contributed by atoms with van der Waals surface area (Å²) >= 11 is 0. The van der Waals surface area contributed by atoms with Crippen molar-refractivity contribution in [2.45, 2.75) is 24.9 Å². The molecule has 1 fully saturated rings. The number of ether oxygens (including phenoxy) is 2. The second-order valence-corrected chi connectivity index (χ2v) is 2.32. The van der Waals surface area contributed by atoms with Gasteiger partial charge in [0.2, 0.25) is 0 Å². The predicted molar refractivity (Wildman–Crippen MR) is 33.4 cm³/mol. The lowest BCUT2D eigenvalue weighted by Gasteiger charge is -2.30. The van der Waals surface area contributed by atoms with Gasteiger partial charge in [-0.3, -0.25) is 0 Å². The third-order valence-corrected chi connectivity index (χ3v) is 1.60. The molecule has 0 aromatic heterocycles. The number of rotatable bonds is 1. The van der Waals surface area contributed by atoms with Gasteiger partial charge in [0.25, 0.3) is 0 Å². The van der Waals surface area contributed by atoms with E-state index in [0.29, 0.717) is 13.0 Å². The summed E-state index contributed by atoms with van der Waals surface area (Å²) in [7, 11) is 1.44. The van der Waals surface area contributed by atoms with Crippen molar-refractivity contribution >= 4 is 0 Å². The van der Waals surface area contributed by atoms with Crippen molar-refractivity contribution in [2.75, 3.05) is 13.7 Å². The standard InChI is InChI=1S/C6H12O4/c1-9-6-5(8)4(7)2-3-10-6/h4-8H,2-3H2,1H3. The van der Waals surface area contributed by atoms with Crippen LogP contribution in [0, 0.1) is 0 Å². The highest BCUT2D eigenvalue weighted by molar-refractivity contribution is 4.74. The first-order valence-electron chi connectivity index (χ1n) is 3.26. The molecule has 4 heteroatoms. The molecule has 0 aromatic rings. The highest BCUT2D eigenvalue weighted by Gasteiger charge is 2.30. The van der Waals surface area contributed by atoms with E-state index in [1.807, 2.05) is 0 Å². The Bertz CT molecular complexity index is 106. The van der Waals surface area contributed by atoms with Crippen molar-refractivity contribution in [2.24, 2.45) is 0 Å². The van der Waals surface area contributed by atoms with Crippen LogP contribution < -0.4 is 0 Å². The highest BCUT2D eigenvalue weighted by atomic mass is 16.7. The molecule has 0 saturated carbocycles. The molecule has 0 aliphatic carbocycles. The zero-order chi connectivity index (χ0) is 7.56. The van der Waals surface area contributed by atoms with Gasteiger partial charge >= 0.3 is 0 Å². The van der Waals surface area contributed by atoms with E-state index in [-0.39, 0.29) is 0 Å². The molecule has 60 valence electrons. The van der Waals surface area contributed by atoms with Crippen molar-refractivity contribution in [3.05, 3.63) is 0 Å². The largest absolute Gasteiger partial charge is 0.390 e. The molecule has 10 heavy (non-hydrogen) atoms. The zero-order valence-corrected chi connectivity index (χ0v) is 5.86. The molecule has 1 aliphatic rings. The number of methoxy groups -OCH3 is 1. The van der Waals surface area contributed by atoms with Crippen molar-refractivity contribution < 1.29 is 19.7 Å². The second-order valence-electron chi connectivity index (χ2n) is 2.32. The summed E-state index contributed by atoms with van der Waals surface area (Å²) in [5.74, 6) is 0. The first-order valence-corrected chi connectivity index (χ1v) is 3.26. The average molecular weight is 148 g/mol. The quantitative estimate of drug-likeness (QED) is 0.506. The molecule has 1 aliphatic heterocycles. The van der Waals surface area contributed by atoms with Gasteiger partial charge < -0.3 is 19.7 Å². The average Bonchev–Trinajstić information content (AvgIpc) is 1.95. The first kappa shape index (κ1) is 7.94. The van der Waals surface area contributed by atoms with Crippen LogP contribution in [-0.4, -0.2) is 42.4 Å². The van der Waals surface area contributed by atoms with Gasteiger partial charge in [-0.05, 0) is 6.42 Å². The maximum atomic E-state index is 9.14. The summed E-state index contributed by atoms with van der Waals surface area (Å²) in [6.07, 6.45) is -1.80. The smallest absolute Gasteiger partial charge is 0.185 e. The first-order chi connectivity index (χ1) is 4.75. The molecule has 0 spiro atoms. The van der Waals surface area contributed by atoms with E-state index in [4.69, 9.17) is 19.7 Å². The molecule has 3 unspecified atom stereocenters. The minimum atomic E-state index is -0.904. The molecule has 1 heterocycles. The molecule has 0 bridgehead atoms. The minimum absolute atomic E-state index is 0.441. The monoisotopic (exact) mass is 148 g/mol. The van der Waals surface area contributed by atoms with Gasteiger partial charge in [0.15, 0.2) is 6.29 Å². The SMILES string of the molecule is COC1OCCC(O)C1O. The van der Waals surface area contributed by atoms with Gasteiger partial charge in [0.1, 0.15) is 6.10 Å². The van der Waals surface area contributed by atoms with E-state index >= 15 is 0 Å². The Balaban J connectivity index is 2.42. The van der Waals surface area contributed by atoms with Gasteiger partial charge in [-0.1, -0.05) is 0 Å². The topological polar surface area (TPSA) is 58.9 Å². The van der Waals surface area contributed by atoms with E-state index in [1.54, 1.807) is 0 Å². The van der Waals surface area contributed by atoms with E-state index in [9.17, 15) is 0 Å². The summed E-state index contributed by atoms with van der Waals surface area (Å²) in [4.78, 5) is 0. The number of aliphatic hydroxyl groups excluding tert-OH is 2. The van der Waals surface area contributed by atoms with E-state index in [0.717, 1.165) is 0 Å². The van der Waals surface area contributed by atoms with Crippen LogP contribution in [0.1, 0.15) is 6.42 Å². The predicted octanol–water partition coefficient (Wildman–Crippen LogP) is -0.899.